The number of halogens is 2. The third-order valence-electron chi connectivity index (χ3n) is 5.33. The summed E-state index contributed by atoms with van der Waals surface area (Å²) in [6.07, 6.45) is 0.795. The van der Waals surface area contributed by atoms with Crippen LogP contribution in [-0.2, 0) is 17.9 Å². The zero-order valence-corrected chi connectivity index (χ0v) is 21.6. The molecule has 1 atom stereocenters. The lowest BCUT2D eigenvalue weighted by molar-refractivity contribution is 0.0274. The molecule has 0 N–H and O–H groups in total. The Bertz CT molecular complexity index is 914. The molecule has 1 amide bonds. The van der Waals surface area contributed by atoms with Gasteiger partial charge in [0, 0.05) is 41.7 Å². The van der Waals surface area contributed by atoms with Gasteiger partial charge >= 0.3 is 6.09 Å². The highest BCUT2D eigenvalue weighted by Crippen LogP contribution is 2.28. The maximum absolute atomic E-state index is 12.3. The third kappa shape index (κ3) is 7.68. The Morgan fingerprint density at radius 3 is 2.62 bits per heavy atom. The first-order valence-corrected chi connectivity index (χ1v) is 12.1. The van der Waals surface area contributed by atoms with Crippen LogP contribution < -0.4 is 4.74 Å². The lowest BCUT2D eigenvalue weighted by Gasteiger charge is -2.26. The van der Waals surface area contributed by atoms with Gasteiger partial charge in [-0.25, -0.2) is 4.79 Å². The van der Waals surface area contributed by atoms with Gasteiger partial charge in [-0.2, -0.15) is 0 Å². The van der Waals surface area contributed by atoms with Gasteiger partial charge in [-0.1, -0.05) is 39.7 Å². The minimum absolute atomic E-state index is 0.263. The lowest BCUT2D eigenvalue weighted by Crippen LogP contribution is -2.37. The second-order valence-electron chi connectivity index (χ2n) is 9.42. The van der Waals surface area contributed by atoms with E-state index in [1.807, 2.05) is 64.2 Å². The van der Waals surface area contributed by atoms with Crippen LogP contribution in [0, 0.1) is 5.92 Å². The van der Waals surface area contributed by atoms with Crippen molar-refractivity contribution in [3.05, 3.63) is 63.1 Å². The summed E-state index contributed by atoms with van der Waals surface area (Å²) in [6.45, 7) is 9.61. The number of benzene rings is 2. The summed E-state index contributed by atoms with van der Waals surface area (Å²) in [5.74, 6) is 1.32. The van der Waals surface area contributed by atoms with Gasteiger partial charge in [0.25, 0.3) is 0 Å². The largest absolute Gasteiger partial charge is 0.489 e. The number of likely N-dealkylation sites (tertiary alicyclic amines) is 1. The van der Waals surface area contributed by atoms with Crippen LogP contribution in [0.3, 0.4) is 0 Å². The van der Waals surface area contributed by atoms with Crippen molar-refractivity contribution in [1.29, 1.82) is 0 Å². The van der Waals surface area contributed by atoms with Crippen molar-refractivity contribution >= 4 is 33.6 Å². The van der Waals surface area contributed by atoms with E-state index in [1.54, 1.807) is 4.90 Å². The number of amides is 1. The maximum atomic E-state index is 12.3. The van der Waals surface area contributed by atoms with E-state index in [0.717, 1.165) is 52.4 Å². The summed E-state index contributed by atoms with van der Waals surface area (Å²) in [6, 6.07) is 13.9. The van der Waals surface area contributed by atoms with E-state index in [0.29, 0.717) is 19.1 Å². The molecular weight excluding hydrogens is 492 g/mol. The molecule has 32 heavy (non-hydrogen) atoms. The molecule has 3 rings (SSSR count). The summed E-state index contributed by atoms with van der Waals surface area (Å²) in [5, 5.41) is 0.721. The lowest BCUT2D eigenvalue weighted by atomic mass is 10.1. The summed E-state index contributed by atoms with van der Waals surface area (Å²) >= 11 is 9.56. The van der Waals surface area contributed by atoms with Crippen LogP contribution in [0.25, 0.3) is 0 Å². The second-order valence-corrected chi connectivity index (χ2v) is 10.8. The van der Waals surface area contributed by atoms with Crippen molar-refractivity contribution in [2.24, 2.45) is 5.92 Å². The van der Waals surface area contributed by atoms with Crippen molar-refractivity contribution in [2.75, 3.05) is 26.7 Å². The summed E-state index contributed by atoms with van der Waals surface area (Å²) < 4.78 is 12.6. The molecule has 1 saturated heterocycles. The Morgan fingerprint density at radius 1 is 1.22 bits per heavy atom. The molecule has 0 saturated carbocycles. The first-order valence-electron chi connectivity index (χ1n) is 10.9. The molecule has 1 aliphatic heterocycles. The van der Waals surface area contributed by atoms with E-state index < -0.39 is 5.60 Å². The Labute approximate surface area is 204 Å². The number of rotatable bonds is 7. The molecule has 1 aliphatic rings. The van der Waals surface area contributed by atoms with Crippen LogP contribution in [0.1, 0.15) is 38.3 Å². The van der Waals surface area contributed by atoms with Gasteiger partial charge in [-0.05, 0) is 75.5 Å². The Hall–Kier alpha value is -1.76. The van der Waals surface area contributed by atoms with Crippen molar-refractivity contribution in [1.82, 2.24) is 9.80 Å². The van der Waals surface area contributed by atoms with Gasteiger partial charge in [-0.15, -0.1) is 0 Å². The highest BCUT2D eigenvalue weighted by atomic mass is 79.9. The van der Waals surface area contributed by atoms with Crippen LogP contribution in [0.15, 0.2) is 46.9 Å². The third-order valence-corrected chi connectivity index (χ3v) is 6.08. The number of carbonyl (C=O) groups excluding carboxylic acids is 1. The van der Waals surface area contributed by atoms with Gasteiger partial charge in [0.15, 0.2) is 0 Å². The Balaban J connectivity index is 1.56. The molecule has 2 aromatic carbocycles. The van der Waals surface area contributed by atoms with Gasteiger partial charge in [-0.3, -0.25) is 4.90 Å². The maximum Gasteiger partial charge on any atom is 0.410 e. The fourth-order valence-electron chi connectivity index (χ4n) is 3.80. The Morgan fingerprint density at radius 2 is 1.94 bits per heavy atom. The molecule has 0 bridgehead atoms. The average molecular weight is 524 g/mol. The number of nitrogens with zero attached hydrogens (tertiary/aromatic N) is 2. The van der Waals surface area contributed by atoms with E-state index in [9.17, 15) is 4.79 Å². The molecule has 174 valence electrons. The molecule has 0 radical (unpaired) electrons. The fraction of sp³-hybridized carbons (Fsp3) is 0.480. The van der Waals surface area contributed by atoms with Crippen LogP contribution >= 0.6 is 27.5 Å². The standard InChI is InChI=1S/C25H32BrClN2O3/c1-25(2,3)32-24(30)28(4)14-19-11-12-29(15-19)16-20-13-21(26)7-10-23(20)31-17-18-5-8-22(27)9-6-18/h5-10,13,19H,11-12,14-17H2,1-4H3. The Kier molecular flexibility index (Phi) is 8.48. The summed E-state index contributed by atoms with van der Waals surface area (Å²) in [5.41, 5.74) is 1.75. The predicted molar refractivity (Wildman–Crippen MR) is 132 cm³/mol. The fourth-order valence-corrected chi connectivity index (χ4v) is 4.34. The summed E-state index contributed by atoms with van der Waals surface area (Å²) in [4.78, 5) is 16.4. The molecule has 0 aromatic heterocycles. The van der Waals surface area contributed by atoms with Gasteiger partial charge in [0.05, 0.1) is 0 Å². The van der Waals surface area contributed by atoms with E-state index in [2.05, 4.69) is 26.9 Å². The average Bonchev–Trinajstić information content (AvgIpc) is 3.14. The topological polar surface area (TPSA) is 42.0 Å². The molecular formula is C25H32BrClN2O3. The van der Waals surface area contributed by atoms with Crippen molar-refractivity contribution in [2.45, 2.75) is 45.9 Å². The summed E-state index contributed by atoms with van der Waals surface area (Å²) in [7, 11) is 1.81. The van der Waals surface area contributed by atoms with Crippen LogP contribution in [0.5, 0.6) is 5.75 Å². The molecule has 1 fully saturated rings. The predicted octanol–water partition coefficient (Wildman–Crippen LogP) is 6.37. The second kappa shape index (κ2) is 10.9. The van der Waals surface area contributed by atoms with Crippen molar-refractivity contribution in [3.63, 3.8) is 0 Å². The minimum atomic E-state index is -0.476. The van der Waals surface area contributed by atoms with Crippen LogP contribution in [-0.4, -0.2) is 48.2 Å². The van der Waals surface area contributed by atoms with Gasteiger partial charge in [0.2, 0.25) is 0 Å². The molecule has 1 heterocycles. The number of carbonyl (C=O) groups is 1. The van der Waals surface area contributed by atoms with Gasteiger partial charge in [0.1, 0.15) is 18.0 Å². The van der Waals surface area contributed by atoms with E-state index >= 15 is 0 Å². The zero-order valence-electron chi connectivity index (χ0n) is 19.2. The van der Waals surface area contributed by atoms with Crippen LogP contribution in [0.2, 0.25) is 5.02 Å². The highest BCUT2D eigenvalue weighted by molar-refractivity contribution is 9.10. The minimum Gasteiger partial charge on any atom is -0.489 e. The normalized spacial score (nSPS) is 16.8. The highest BCUT2D eigenvalue weighted by Gasteiger charge is 2.27. The molecule has 5 nitrogen and oxygen atoms in total. The zero-order chi connectivity index (χ0) is 23.3. The van der Waals surface area contributed by atoms with Crippen molar-refractivity contribution in [3.8, 4) is 5.75 Å². The van der Waals surface area contributed by atoms with Crippen LogP contribution in [0.4, 0.5) is 4.79 Å². The first kappa shape index (κ1) is 24.9. The molecule has 2 aromatic rings. The molecule has 1 unspecified atom stereocenters. The quantitative estimate of drug-likeness (QED) is 0.423. The number of hydrogen-bond acceptors (Lipinski definition) is 4. The SMILES string of the molecule is CN(CC1CCN(Cc2cc(Br)ccc2OCc2ccc(Cl)cc2)C1)C(=O)OC(C)(C)C. The monoisotopic (exact) mass is 522 g/mol. The van der Waals surface area contributed by atoms with Crippen molar-refractivity contribution < 1.29 is 14.3 Å². The van der Waals surface area contributed by atoms with E-state index in [1.165, 1.54) is 0 Å². The first-order chi connectivity index (χ1) is 15.1. The molecule has 7 heteroatoms. The number of ether oxygens (including phenoxy) is 2. The van der Waals surface area contributed by atoms with Gasteiger partial charge < -0.3 is 14.4 Å². The van der Waals surface area contributed by atoms with E-state index in [-0.39, 0.29) is 6.09 Å². The molecule has 0 spiro atoms. The number of hydrogen-bond donors (Lipinski definition) is 0. The molecule has 0 aliphatic carbocycles. The smallest absolute Gasteiger partial charge is 0.410 e. The van der Waals surface area contributed by atoms with E-state index in [4.69, 9.17) is 21.1 Å².